The third-order valence-corrected chi connectivity index (χ3v) is 3.05. The maximum Gasteiger partial charge on any atom is 0.318 e. The van der Waals surface area contributed by atoms with Crippen LogP contribution in [0.1, 0.15) is 12.0 Å². The van der Waals surface area contributed by atoms with Crippen LogP contribution in [0.5, 0.6) is 0 Å². The number of nitrogens with zero attached hydrogens (tertiary/aromatic N) is 1. The van der Waals surface area contributed by atoms with Gasteiger partial charge in [0.05, 0.1) is 6.54 Å². The van der Waals surface area contributed by atoms with Gasteiger partial charge in [-0.25, -0.2) is 9.18 Å². The summed E-state index contributed by atoms with van der Waals surface area (Å²) in [7, 11) is 0. The number of benzene rings is 1. The van der Waals surface area contributed by atoms with Gasteiger partial charge in [-0.15, -0.1) is 6.42 Å². The highest BCUT2D eigenvalue weighted by Crippen LogP contribution is 2.22. The van der Waals surface area contributed by atoms with E-state index < -0.39 is 0 Å². The van der Waals surface area contributed by atoms with E-state index in [0.717, 1.165) is 17.6 Å². The minimum absolute atomic E-state index is 0.146. The van der Waals surface area contributed by atoms with Crippen LogP contribution in [-0.4, -0.2) is 30.6 Å². The van der Waals surface area contributed by atoms with Crippen molar-refractivity contribution in [1.82, 2.24) is 10.2 Å². The van der Waals surface area contributed by atoms with E-state index in [1.54, 1.807) is 17.0 Å². The van der Waals surface area contributed by atoms with E-state index in [1.165, 1.54) is 12.1 Å². The van der Waals surface area contributed by atoms with Gasteiger partial charge in [-0.1, -0.05) is 24.1 Å². The van der Waals surface area contributed by atoms with Crippen LogP contribution in [0, 0.1) is 18.2 Å². The molecule has 1 heterocycles. The van der Waals surface area contributed by atoms with E-state index >= 15 is 0 Å². The summed E-state index contributed by atoms with van der Waals surface area (Å²) >= 11 is 0. The molecule has 1 N–H and O–H groups in total. The van der Waals surface area contributed by atoms with Crippen LogP contribution in [0.25, 0.3) is 5.57 Å². The van der Waals surface area contributed by atoms with Crippen molar-refractivity contribution < 1.29 is 9.18 Å². The summed E-state index contributed by atoms with van der Waals surface area (Å²) < 4.78 is 12.8. The van der Waals surface area contributed by atoms with Crippen molar-refractivity contribution in [2.24, 2.45) is 0 Å². The fourth-order valence-corrected chi connectivity index (χ4v) is 2.02. The number of urea groups is 1. The van der Waals surface area contributed by atoms with Crippen LogP contribution in [-0.2, 0) is 0 Å². The first-order valence-corrected chi connectivity index (χ1v) is 6.12. The molecule has 0 fully saturated rings. The Morgan fingerprint density at radius 3 is 2.74 bits per heavy atom. The highest BCUT2D eigenvalue weighted by Gasteiger charge is 2.17. The van der Waals surface area contributed by atoms with Crippen LogP contribution in [0.3, 0.4) is 0 Å². The molecule has 0 saturated heterocycles. The van der Waals surface area contributed by atoms with Gasteiger partial charge in [0.1, 0.15) is 5.82 Å². The Bertz CT molecular complexity index is 528. The predicted molar refractivity (Wildman–Crippen MR) is 72.8 cm³/mol. The van der Waals surface area contributed by atoms with Crippen LogP contribution in [0.2, 0.25) is 0 Å². The Balaban J connectivity index is 1.98. The molecule has 0 radical (unpaired) electrons. The number of hydrogen-bond acceptors (Lipinski definition) is 1. The molecule has 1 aliphatic heterocycles. The van der Waals surface area contributed by atoms with Crippen molar-refractivity contribution in [3.8, 4) is 12.3 Å². The highest BCUT2D eigenvalue weighted by molar-refractivity contribution is 5.76. The maximum atomic E-state index is 12.8. The lowest BCUT2D eigenvalue weighted by Crippen LogP contribution is -2.42. The predicted octanol–water partition coefficient (Wildman–Crippen LogP) is 2.26. The first kappa shape index (κ1) is 13.2. The molecular formula is C15H15FN2O. The van der Waals surface area contributed by atoms with Crippen LogP contribution in [0.4, 0.5) is 9.18 Å². The van der Waals surface area contributed by atoms with E-state index in [9.17, 15) is 9.18 Å². The molecule has 0 bridgehead atoms. The van der Waals surface area contributed by atoms with Gasteiger partial charge in [-0.2, -0.15) is 0 Å². The third-order valence-electron chi connectivity index (χ3n) is 3.05. The second-order valence-corrected chi connectivity index (χ2v) is 4.30. The van der Waals surface area contributed by atoms with Gasteiger partial charge >= 0.3 is 6.03 Å². The van der Waals surface area contributed by atoms with Crippen molar-refractivity contribution in [3.63, 3.8) is 0 Å². The van der Waals surface area contributed by atoms with Gasteiger partial charge in [-0.3, -0.25) is 0 Å². The molecule has 3 nitrogen and oxygen atoms in total. The molecule has 0 saturated carbocycles. The zero-order valence-corrected chi connectivity index (χ0v) is 10.5. The molecule has 0 aromatic heterocycles. The van der Waals surface area contributed by atoms with Gasteiger partial charge in [0.15, 0.2) is 0 Å². The highest BCUT2D eigenvalue weighted by atomic mass is 19.1. The first-order valence-electron chi connectivity index (χ1n) is 6.12. The largest absolute Gasteiger partial charge is 0.327 e. The van der Waals surface area contributed by atoms with Crippen LogP contribution >= 0.6 is 0 Å². The minimum atomic E-state index is -0.240. The number of halogens is 1. The SMILES string of the molecule is C#CCNC(=O)N1CC=C(c2ccc(F)cc2)CC1. The fraction of sp³-hybridized carbons (Fsp3) is 0.267. The zero-order chi connectivity index (χ0) is 13.7. The Morgan fingerprint density at radius 2 is 2.16 bits per heavy atom. The maximum absolute atomic E-state index is 12.8. The topological polar surface area (TPSA) is 32.3 Å². The molecular weight excluding hydrogens is 243 g/mol. The average molecular weight is 258 g/mol. The standard InChI is InChI=1S/C15H15FN2O/c1-2-9-17-15(19)18-10-7-13(8-11-18)12-3-5-14(16)6-4-12/h1,3-7H,8-11H2,(H,17,19). The average Bonchev–Trinajstić information content (AvgIpc) is 2.46. The quantitative estimate of drug-likeness (QED) is 0.811. The van der Waals surface area contributed by atoms with E-state index in [2.05, 4.69) is 11.2 Å². The van der Waals surface area contributed by atoms with Crippen molar-refractivity contribution in [1.29, 1.82) is 0 Å². The number of carbonyl (C=O) groups is 1. The van der Waals surface area contributed by atoms with Crippen molar-refractivity contribution in [2.75, 3.05) is 19.6 Å². The molecule has 98 valence electrons. The van der Waals surface area contributed by atoms with Gasteiger partial charge in [0.25, 0.3) is 0 Å². The van der Waals surface area contributed by atoms with E-state index in [0.29, 0.717) is 13.1 Å². The minimum Gasteiger partial charge on any atom is -0.327 e. The molecule has 0 unspecified atom stereocenters. The zero-order valence-electron chi connectivity index (χ0n) is 10.5. The van der Waals surface area contributed by atoms with Crippen molar-refractivity contribution in [2.45, 2.75) is 6.42 Å². The molecule has 19 heavy (non-hydrogen) atoms. The number of nitrogens with one attached hydrogen (secondary N) is 1. The van der Waals surface area contributed by atoms with Crippen LogP contribution < -0.4 is 5.32 Å². The summed E-state index contributed by atoms with van der Waals surface area (Å²) in [5.41, 5.74) is 2.14. The van der Waals surface area contributed by atoms with E-state index in [4.69, 9.17) is 6.42 Å². The molecule has 1 aliphatic rings. The lowest BCUT2D eigenvalue weighted by molar-refractivity contribution is 0.204. The molecule has 2 rings (SSSR count). The van der Waals surface area contributed by atoms with Crippen LogP contribution in [0.15, 0.2) is 30.3 Å². The second-order valence-electron chi connectivity index (χ2n) is 4.30. The molecule has 0 atom stereocenters. The Morgan fingerprint density at radius 1 is 1.42 bits per heavy atom. The monoisotopic (exact) mass is 258 g/mol. The first-order chi connectivity index (χ1) is 9.20. The Labute approximate surface area is 112 Å². The number of carbonyl (C=O) groups excluding carboxylic acids is 1. The Hall–Kier alpha value is -2.28. The molecule has 4 heteroatoms. The smallest absolute Gasteiger partial charge is 0.318 e. The summed E-state index contributed by atoms with van der Waals surface area (Å²) in [6, 6.07) is 6.27. The number of amides is 2. The molecule has 0 spiro atoms. The van der Waals surface area contributed by atoms with Gasteiger partial charge < -0.3 is 10.2 Å². The van der Waals surface area contributed by atoms with Gasteiger partial charge in [-0.05, 0) is 29.7 Å². The van der Waals surface area contributed by atoms with Crippen molar-refractivity contribution in [3.05, 3.63) is 41.7 Å². The van der Waals surface area contributed by atoms with E-state index in [1.807, 2.05) is 6.08 Å². The fourth-order valence-electron chi connectivity index (χ4n) is 2.02. The normalized spacial score (nSPS) is 14.5. The van der Waals surface area contributed by atoms with E-state index in [-0.39, 0.29) is 18.4 Å². The van der Waals surface area contributed by atoms with Crippen molar-refractivity contribution >= 4 is 11.6 Å². The second kappa shape index (κ2) is 6.05. The summed E-state index contributed by atoms with van der Waals surface area (Å²) in [6.45, 7) is 1.42. The lowest BCUT2D eigenvalue weighted by atomic mass is 10.00. The number of terminal acetylenes is 1. The lowest BCUT2D eigenvalue weighted by Gasteiger charge is -2.26. The molecule has 0 aliphatic carbocycles. The molecule has 1 aromatic carbocycles. The number of hydrogen-bond donors (Lipinski definition) is 1. The third kappa shape index (κ3) is 3.35. The molecule has 1 aromatic rings. The Kier molecular flexibility index (Phi) is 4.19. The summed E-state index contributed by atoms with van der Waals surface area (Å²) in [6.07, 6.45) is 7.84. The van der Waals surface area contributed by atoms with Gasteiger partial charge in [0.2, 0.25) is 0 Å². The number of rotatable bonds is 2. The summed E-state index contributed by atoms with van der Waals surface area (Å²) in [5, 5.41) is 2.64. The van der Waals surface area contributed by atoms with Gasteiger partial charge in [0, 0.05) is 13.1 Å². The summed E-state index contributed by atoms with van der Waals surface area (Å²) in [4.78, 5) is 13.4. The summed E-state index contributed by atoms with van der Waals surface area (Å²) in [5.74, 6) is 2.13. The molecule has 2 amide bonds.